The van der Waals surface area contributed by atoms with Crippen molar-refractivity contribution in [2.75, 3.05) is 6.61 Å². The van der Waals surface area contributed by atoms with Gasteiger partial charge in [-0.25, -0.2) is 0 Å². The van der Waals surface area contributed by atoms with Gasteiger partial charge >= 0.3 is 5.97 Å². The van der Waals surface area contributed by atoms with Crippen LogP contribution in [0.15, 0.2) is 0 Å². The average molecular weight is 242 g/mol. The van der Waals surface area contributed by atoms with Crippen molar-refractivity contribution in [2.45, 2.75) is 63.3 Å². The first-order chi connectivity index (χ1) is 7.97. The van der Waals surface area contributed by atoms with Gasteiger partial charge in [0.15, 0.2) is 5.79 Å². The Morgan fingerprint density at radius 2 is 2.12 bits per heavy atom. The summed E-state index contributed by atoms with van der Waals surface area (Å²) in [6.07, 6.45) is 1.10. The lowest BCUT2D eigenvalue weighted by molar-refractivity contribution is -0.158. The van der Waals surface area contributed by atoms with Gasteiger partial charge in [-0.05, 0) is 20.8 Å². The monoisotopic (exact) mass is 242 g/mol. The summed E-state index contributed by atoms with van der Waals surface area (Å²) in [4.78, 5) is 11.6. The Labute approximate surface area is 100 Å². The summed E-state index contributed by atoms with van der Waals surface area (Å²) < 4.78 is 22.3. The normalized spacial score (nSPS) is 45.2. The molecule has 0 amide bonds. The maximum absolute atomic E-state index is 11.6. The van der Waals surface area contributed by atoms with E-state index in [4.69, 9.17) is 18.9 Å². The van der Waals surface area contributed by atoms with Gasteiger partial charge in [0.1, 0.15) is 11.7 Å². The standard InChI is InChI=1S/C12H18O5/c1-4-14-9(13)6-12-8(16-12)5-7-10(12)17-11(2,3)15-7/h7-8,10H,4-6H2,1-3H3/t7-,8-,10-,12-/m1/s1. The highest BCUT2D eigenvalue weighted by Crippen LogP contribution is 2.58. The van der Waals surface area contributed by atoms with E-state index in [-0.39, 0.29) is 30.7 Å². The minimum Gasteiger partial charge on any atom is -0.466 e. The lowest BCUT2D eigenvalue weighted by atomic mass is 10.00. The Kier molecular flexibility index (Phi) is 2.31. The smallest absolute Gasteiger partial charge is 0.308 e. The molecule has 1 aliphatic carbocycles. The van der Waals surface area contributed by atoms with Crippen LogP contribution in [0.5, 0.6) is 0 Å². The molecule has 0 unspecified atom stereocenters. The zero-order valence-corrected chi connectivity index (χ0v) is 10.4. The van der Waals surface area contributed by atoms with Crippen molar-refractivity contribution in [3.05, 3.63) is 0 Å². The number of esters is 1. The number of carbonyl (C=O) groups excluding carboxylic acids is 1. The summed E-state index contributed by atoms with van der Waals surface area (Å²) in [5, 5.41) is 0. The molecule has 2 aliphatic heterocycles. The number of fused-ring (bicyclic) bond motifs is 3. The molecule has 2 heterocycles. The van der Waals surface area contributed by atoms with Gasteiger partial charge in [0.2, 0.25) is 0 Å². The van der Waals surface area contributed by atoms with Crippen LogP contribution in [0.2, 0.25) is 0 Å². The quantitative estimate of drug-likeness (QED) is 0.546. The van der Waals surface area contributed by atoms with E-state index in [0.29, 0.717) is 6.61 Å². The Hall–Kier alpha value is -0.650. The second-order valence-electron chi connectivity index (χ2n) is 5.37. The van der Waals surface area contributed by atoms with Crippen LogP contribution in [0.3, 0.4) is 0 Å². The third-order valence-electron chi connectivity index (χ3n) is 3.69. The molecule has 2 saturated heterocycles. The predicted octanol–water partition coefficient (Wildman–Crippen LogP) is 1.00. The van der Waals surface area contributed by atoms with Crippen molar-refractivity contribution in [1.29, 1.82) is 0 Å². The molecule has 3 fully saturated rings. The van der Waals surface area contributed by atoms with Crippen LogP contribution in [-0.2, 0) is 23.7 Å². The SMILES string of the molecule is CCOC(=O)C[C@@]12O[C@@H]1C[C@H]1OC(C)(C)O[C@H]12. The molecular formula is C12H18O5. The molecule has 17 heavy (non-hydrogen) atoms. The third kappa shape index (κ3) is 1.68. The number of hydrogen-bond donors (Lipinski definition) is 0. The van der Waals surface area contributed by atoms with Crippen LogP contribution < -0.4 is 0 Å². The predicted molar refractivity (Wildman–Crippen MR) is 57.3 cm³/mol. The summed E-state index contributed by atoms with van der Waals surface area (Å²) in [5.41, 5.74) is -0.481. The molecule has 0 aromatic heterocycles. The van der Waals surface area contributed by atoms with E-state index >= 15 is 0 Å². The van der Waals surface area contributed by atoms with Crippen molar-refractivity contribution >= 4 is 5.97 Å². The van der Waals surface area contributed by atoms with Crippen LogP contribution in [0.25, 0.3) is 0 Å². The fraction of sp³-hybridized carbons (Fsp3) is 0.917. The summed E-state index contributed by atoms with van der Waals surface area (Å²) in [6, 6.07) is 0. The fourth-order valence-electron chi connectivity index (χ4n) is 3.06. The molecule has 1 saturated carbocycles. The van der Waals surface area contributed by atoms with Gasteiger partial charge in [0, 0.05) is 6.42 Å². The molecule has 5 nitrogen and oxygen atoms in total. The van der Waals surface area contributed by atoms with E-state index in [1.54, 1.807) is 6.92 Å². The number of ether oxygens (including phenoxy) is 4. The van der Waals surface area contributed by atoms with Gasteiger partial charge < -0.3 is 18.9 Å². The van der Waals surface area contributed by atoms with E-state index in [9.17, 15) is 4.79 Å². The van der Waals surface area contributed by atoms with Gasteiger partial charge in [0.05, 0.1) is 25.2 Å². The largest absolute Gasteiger partial charge is 0.466 e. The Bertz CT molecular complexity index is 353. The summed E-state index contributed by atoms with van der Waals surface area (Å²) >= 11 is 0. The molecule has 0 aromatic rings. The molecule has 3 aliphatic rings. The summed E-state index contributed by atoms with van der Waals surface area (Å²) in [5.74, 6) is -0.794. The molecule has 0 N–H and O–H groups in total. The van der Waals surface area contributed by atoms with Crippen molar-refractivity contribution in [3.8, 4) is 0 Å². The Balaban J connectivity index is 1.71. The van der Waals surface area contributed by atoms with Gasteiger partial charge in [0.25, 0.3) is 0 Å². The van der Waals surface area contributed by atoms with Crippen LogP contribution in [0.4, 0.5) is 0 Å². The lowest BCUT2D eigenvalue weighted by Gasteiger charge is -2.20. The van der Waals surface area contributed by atoms with E-state index in [1.165, 1.54) is 0 Å². The van der Waals surface area contributed by atoms with Crippen LogP contribution >= 0.6 is 0 Å². The van der Waals surface area contributed by atoms with Gasteiger partial charge in [-0.1, -0.05) is 0 Å². The number of carbonyl (C=O) groups is 1. The van der Waals surface area contributed by atoms with E-state index in [2.05, 4.69) is 0 Å². The number of hydrogen-bond acceptors (Lipinski definition) is 5. The topological polar surface area (TPSA) is 57.3 Å². The molecule has 5 heteroatoms. The first kappa shape index (κ1) is 11.4. The molecule has 0 spiro atoms. The molecule has 4 atom stereocenters. The second-order valence-corrected chi connectivity index (χ2v) is 5.37. The highest BCUT2D eigenvalue weighted by molar-refractivity contribution is 5.72. The van der Waals surface area contributed by atoms with E-state index in [1.807, 2.05) is 13.8 Å². The molecule has 0 bridgehead atoms. The molecule has 0 aromatic carbocycles. The highest BCUT2D eigenvalue weighted by Gasteiger charge is 2.74. The minimum absolute atomic E-state index is 0.0539. The van der Waals surface area contributed by atoms with Crippen LogP contribution in [-0.4, -0.2) is 42.3 Å². The van der Waals surface area contributed by atoms with Gasteiger partial charge in [-0.2, -0.15) is 0 Å². The molecule has 0 radical (unpaired) electrons. The molecular weight excluding hydrogens is 224 g/mol. The zero-order valence-electron chi connectivity index (χ0n) is 10.4. The highest BCUT2D eigenvalue weighted by atomic mass is 16.8. The molecule has 96 valence electrons. The maximum Gasteiger partial charge on any atom is 0.308 e. The number of rotatable bonds is 3. The Morgan fingerprint density at radius 1 is 1.35 bits per heavy atom. The van der Waals surface area contributed by atoms with Crippen LogP contribution in [0.1, 0.15) is 33.6 Å². The Morgan fingerprint density at radius 3 is 2.82 bits per heavy atom. The van der Waals surface area contributed by atoms with Crippen molar-refractivity contribution in [2.24, 2.45) is 0 Å². The van der Waals surface area contributed by atoms with Gasteiger partial charge in [-0.3, -0.25) is 4.79 Å². The van der Waals surface area contributed by atoms with Crippen LogP contribution in [0, 0.1) is 0 Å². The summed E-state index contributed by atoms with van der Waals surface area (Å²) in [6.45, 7) is 5.98. The van der Waals surface area contributed by atoms with Crippen molar-refractivity contribution < 1.29 is 23.7 Å². The second kappa shape index (κ2) is 3.43. The average Bonchev–Trinajstić information content (AvgIpc) is 2.66. The minimum atomic E-state index is -0.575. The van der Waals surface area contributed by atoms with Crippen molar-refractivity contribution in [1.82, 2.24) is 0 Å². The van der Waals surface area contributed by atoms with Gasteiger partial charge in [-0.15, -0.1) is 0 Å². The number of epoxide rings is 1. The van der Waals surface area contributed by atoms with E-state index < -0.39 is 11.4 Å². The summed E-state index contributed by atoms with van der Waals surface area (Å²) in [7, 11) is 0. The zero-order chi connectivity index (χ0) is 12.3. The first-order valence-electron chi connectivity index (χ1n) is 6.16. The first-order valence-corrected chi connectivity index (χ1v) is 6.16. The fourth-order valence-corrected chi connectivity index (χ4v) is 3.06. The molecule has 3 rings (SSSR count). The van der Waals surface area contributed by atoms with E-state index in [0.717, 1.165) is 6.42 Å². The maximum atomic E-state index is 11.6. The van der Waals surface area contributed by atoms with Crippen molar-refractivity contribution in [3.63, 3.8) is 0 Å². The lowest BCUT2D eigenvalue weighted by Crippen LogP contribution is -2.36. The third-order valence-corrected chi connectivity index (χ3v) is 3.69.